The third-order valence-electron chi connectivity index (χ3n) is 6.30. The molecule has 1 atom stereocenters. The van der Waals surface area contributed by atoms with E-state index in [-0.39, 0.29) is 23.5 Å². The fourth-order valence-corrected chi connectivity index (χ4v) is 4.41. The second kappa shape index (κ2) is 8.80. The molecule has 0 aliphatic carbocycles. The Labute approximate surface area is 191 Å². The minimum Gasteiger partial charge on any atom is -0.451 e. The van der Waals surface area contributed by atoms with Crippen molar-refractivity contribution in [1.82, 2.24) is 19.2 Å². The number of hydrogen-bond acceptors (Lipinski definition) is 6. The maximum Gasteiger partial charge on any atom is 0.241 e. The highest BCUT2D eigenvalue weighted by atomic mass is 16.3. The molecule has 1 amide bonds. The molecule has 1 unspecified atom stereocenters. The molecule has 0 bridgehead atoms. The number of amides is 1. The highest BCUT2D eigenvalue weighted by molar-refractivity contribution is 6.11. The number of carbonyl (C=O) groups is 2. The Hall–Kier alpha value is -3.49. The average Bonchev–Trinajstić information content (AvgIpc) is 3.40. The van der Waals surface area contributed by atoms with Crippen LogP contribution >= 0.6 is 0 Å². The number of Topliss-reactive ketones (excluding diaryl/α,β-unsaturated/α-hetero) is 1. The van der Waals surface area contributed by atoms with E-state index in [9.17, 15) is 9.59 Å². The molecule has 33 heavy (non-hydrogen) atoms. The number of para-hydroxylation sites is 1. The van der Waals surface area contributed by atoms with Crippen molar-refractivity contribution in [2.75, 3.05) is 31.5 Å². The van der Waals surface area contributed by atoms with Gasteiger partial charge in [-0.15, -0.1) is 0 Å². The monoisotopic (exact) mass is 445 g/mol. The standard InChI is InChI=1S/C25H27N5O3/c1-17(25(32)27-23-20-7-3-4-8-21(20)33-24(23)18(2)31)29-13-11-28(12-14-29)15-19-16-30-10-6-5-9-22(30)26-19/h3-10,16-17H,11-15H2,1-2H3,(H,27,32). The molecule has 4 aromatic rings. The molecule has 4 heterocycles. The minimum absolute atomic E-state index is 0.141. The quantitative estimate of drug-likeness (QED) is 0.458. The lowest BCUT2D eigenvalue weighted by molar-refractivity contribution is -0.121. The fourth-order valence-electron chi connectivity index (χ4n) is 4.41. The highest BCUT2D eigenvalue weighted by Gasteiger charge is 2.28. The lowest BCUT2D eigenvalue weighted by atomic mass is 10.1. The summed E-state index contributed by atoms with van der Waals surface area (Å²) in [6, 6.07) is 13.0. The van der Waals surface area contributed by atoms with Gasteiger partial charge in [0.15, 0.2) is 11.5 Å². The van der Waals surface area contributed by atoms with Crippen LogP contribution in [-0.2, 0) is 11.3 Å². The van der Waals surface area contributed by atoms with Crippen LogP contribution in [0.5, 0.6) is 0 Å². The summed E-state index contributed by atoms with van der Waals surface area (Å²) in [6.07, 6.45) is 4.07. The number of aromatic nitrogens is 2. The second-order valence-corrected chi connectivity index (χ2v) is 8.53. The molecule has 8 nitrogen and oxygen atoms in total. The van der Waals surface area contributed by atoms with Gasteiger partial charge in [-0.25, -0.2) is 4.98 Å². The first-order valence-electron chi connectivity index (χ1n) is 11.2. The number of pyridine rings is 1. The Balaban J connectivity index is 1.22. The summed E-state index contributed by atoms with van der Waals surface area (Å²) in [6.45, 7) is 7.43. The minimum atomic E-state index is -0.323. The Kier molecular flexibility index (Phi) is 5.70. The molecule has 8 heteroatoms. The number of furan rings is 1. The number of piperazine rings is 1. The van der Waals surface area contributed by atoms with Crippen LogP contribution in [0.3, 0.4) is 0 Å². The largest absolute Gasteiger partial charge is 0.451 e. The maximum atomic E-state index is 13.1. The van der Waals surface area contributed by atoms with Crippen molar-refractivity contribution < 1.29 is 14.0 Å². The molecule has 0 spiro atoms. The van der Waals surface area contributed by atoms with E-state index in [4.69, 9.17) is 4.42 Å². The number of ketones is 1. The van der Waals surface area contributed by atoms with E-state index >= 15 is 0 Å². The number of rotatable bonds is 6. The average molecular weight is 446 g/mol. The van der Waals surface area contributed by atoms with Gasteiger partial charge >= 0.3 is 0 Å². The van der Waals surface area contributed by atoms with Crippen molar-refractivity contribution in [1.29, 1.82) is 0 Å². The molecule has 1 fully saturated rings. The van der Waals surface area contributed by atoms with E-state index < -0.39 is 0 Å². The zero-order chi connectivity index (χ0) is 22.9. The second-order valence-electron chi connectivity index (χ2n) is 8.53. The van der Waals surface area contributed by atoms with Crippen molar-refractivity contribution in [3.63, 3.8) is 0 Å². The first kappa shape index (κ1) is 21.4. The zero-order valence-electron chi connectivity index (χ0n) is 18.8. The number of imidazole rings is 1. The van der Waals surface area contributed by atoms with Crippen molar-refractivity contribution in [2.24, 2.45) is 0 Å². The van der Waals surface area contributed by atoms with Crippen LogP contribution in [0.2, 0.25) is 0 Å². The SMILES string of the molecule is CC(=O)c1oc2ccccc2c1NC(=O)C(C)N1CCN(Cc2cn3ccccc3n2)CC1. The van der Waals surface area contributed by atoms with E-state index in [0.29, 0.717) is 11.3 Å². The number of hydrogen-bond donors (Lipinski definition) is 1. The van der Waals surface area contributed by atoms with Gasteiger partial charge < -0.3 is 14.1 Å². The molecule has 3 aromatic heterocycles. The Morgan fingerprint density at radius 2 is 1.85 bits per heavy atom. The third-order valence-corrected chi connectivity index (χ3v) is 6.30. The van der Waals surface area contributed by atoms with E-state index in [2.05, 4.69) is 26.3 Å². The van der Waals surface area contributed by atoms with Gasteiger partial charge in [0.1, 0.15) is 11.2 Å². The van der Waals surface area contributed by atoms with Gasteiger partial charge in [-0.05, 0) is 31.2 Å². The Morgan fingerprint density at radius 3 is 2.61 bits per heavy atom. The van der Waals surface area contributed by atoms with Gasteiger partial charge in [-0.1, -0.05) is 18.2 Å². The van der Waals surface area contributed by atoms with Crippen LogP contribution in [0.4, 0.5) is 5.69 Å². The summed E-state index contributed by atoms with van der Waals surface area (Å²) in [7, 11) is 0. The van der Waals surface area contributed by atoms with Crippen molar-refractivity contribution in [3.8, 4) is 0 Å². The molecular formula is C25H27N5O3. The number of anilines is 1. The topological polar surface area (TPSA) is 83.1 Å². The fraction of sp³-hybridized carbons (Fsp3) is 0.320. The molecule has 1 aliphatic rings. The molecule has 0 saturated carbocycles. The number of benzene rings is 1. The molecule has 1 N–H and O–H groups in total. The van der Waals surface area contributed by atoms with Gasteiger partial charge in [0.2, 0.25) is 5.91 Å². The number of fused-ring (bicyclic) bond motifs is 2. The number of nitrogens with one attached hydrogen (secondary N) is 1. The molecule has 5 rings (SSSR count). The summed E-state index contributed by atoms with van der Waals surface area (Å²) >= 11 is 0. The maximum absolute atomic E-state index is 13.1. The molecular weight excluding hydrogens is 418 g/mol. The van der Waals surface area contributed by atoms with E-state index in [1.165, 1.54) is 6.92 Å². The molecule has 1 saturated heterocycles. The van der Waals surface area contributed by atoms with Crippen LogP contribution in [-0.4, -0.2) is 63.1 Å². The van der Waals surface area contributed by atoms with Crippen molar-refractivity contribution in [2.45, 2.75) is 26.4 Å². The van der Waals surface area contributed by atoms with Gasteiger partial charge in [0, 0.05) is 57.4 Å². The molecule has 1 aliphatic heterocycles. The Bertz CT molecular complexity index is 1280. The highest BCUT2D eigenvalue weighted by Crippen LogP contribution is 2.31. The Morgan fingerprint density at radius 1 is 1.09 bits per heavy atom. The molecule has 170 valence electrons. The first-order valence-corrected chi connectivity index (χ1v) is 11.2. The lowest BCUT2D eigenvalue weighted by Crippen LogP contribution is -2.52. The number of nitrogens with zero attached hydrogens (tertiary/aromatic N) is 4. The predicted molar refractivity (Wildman–Crippen MR) is 126 cm³/mol. The summed E-state index contributed by atoms with van der Waals surface area (Å²) in [5, 5.41) is 3.69. The smallest absolute Gasteiger partial charge is 0.241 e. The van der Waals surface area contributed by atoms with Crippen LogP contribution < -0.4 is 5.32 Å². The zero-order valence-corrected chi connectivity index (χ0v) is 18.8. The molecule has 1 aromatic carbocycles. The van der Waals surface area contributed by atoms with E-state index in [1.807, 2.05) is 53.9 Å². The summed E-state index contributed by atoms with van der Waals surface area (Å²) in [5.74, 6) is -0.165. The van der Waals surface area contributed by atoms with Gasteiger partial charge in [-0.3, -0.25) is 19.4 Å². The van der Waals surface area contributed by atoms with Crippen LogP contribution in [0.25, 0.3) is 16.6 Å². The van der Waals surface area contributed by atoms with Gasteiger partial charge in [0.05, 0.1) is 17.4 Å². The van der Waals surface area contributed by atoms with Crippen molar-refractivity contribution >= 4 is 34.0 Å². The van der Waals surface area contributed by atoms with E-state index in [0.717, 1.165) is 49.5 Å². The van der Waals surface area contributed by atoms with Crippen LogP contribution in [0.1, 0.15) is 30.1 Å². The van der Waals surface area contributed by atoms with Gasteiger partial charge in [0.25, 0.3) is 0 Å². The van der Waals surface area contributed by atoms with Crippen LogP contribution in [0.15, 0.2) is 59.3 Å². The number of carbonyl (C=O) groups excluding carboxylic acids is 2. The van der Waals surface area contributed by atoms with Crippen LogP contribution in [0, 0.1) is 0 Å². The normalized spacial score (nSPS) is 16.3. The van der Waals surface area contributed by atoms with E-state index in [1.54, 1.807) is 6.07 Å². The lowest BCUT2D eigenvalue weighted by Gasteiger charge is -2.37. The predicted octanol–water partition coefficient (Wildman–Crippen LogP) is 3.43. The van der Waals surface area contributed by atoms with Crippen molar-refractivity contribution in [3.05, 3.63) is 66.3 Å². The third kappa shape index (κ3) is 4.27. The summed E-state index contributed by atoms with van der Waals surface area (Å²) in [4.78, 5) is 34.4. The molecule has 0 radical (unpaired) electrons. The summed E-state index contributed by atoms with van der Waals surface area (Å²) in [5.41, 5.74) is 3.05. The first-order chi connectivity index (χ1) is 16.0. The van der Waals surface area contributed by atoms with Gasteiger partial charge in [-0.2, -0.15) is 0 Å². The summed E-state index contributed by atoms with van der Waals surface area (Å²) < 4.78 is 7.72.